The van der Waals surface area contributed by atoms with Crippen LogP contribution in [0.15, 0.2) is 22.8 Å². The normalized spacial score (nSPS) is 10.8. The molecule has 1 heterocycles. The number of carbonyl (C=O) groups is 1. The van der Waals surface area contributed by atoms with Crippen molar-refractivity contribution in [1.82, 2.24) is 10.3 Å². The number of anilines is 1. The first-order valence-corrected chi connectivity index (χ1v) is 6.94. The van der Waals surface area contributed by atoms with Crippen LogP contribution in [0.4, 0.5) is 5.69 Å². The summed E-state index contributed by atoms with van der Waals surface area (Å²) in [6.07, 6.45) is 5.25. The number of nitrogens with one attached hydrogen (secondary N) is 1. The van der Waals surface area contributed by atoms with Crippen molar-refractivity contribution in [3.05, 3.63) is 18.2 Å². The fraction of sp³-hybridized carbons (Fsp3) is 0.500. The third-order valence-corrected chi connectivity index (χ3v) is 3.17. The highest BCUT2D eigenvalue weighted by molar-refractivity contribution is 5.86. The minimum absolute atomic E-state index is 0.277. The van der Waals surface area contributed by atoms with E-state index in [1.165, 1.54) is 0 Å². The molecular weight excluding hydrogens is 258 g/mol. The van der Waals surface area contributed by atoms with Gasteiger partial charge in [-0.1, -0.05) is 25.3 Å². The Kier molecular flexibility index (Phi) is 5.34. The van der Waals surface area contributed by atoms with Crippen molar-refractivity contribution in [3.63, 3.8) is 0 Å². The standard InChI is InChI=1S/C14H19N3O3/c18-13(19)9-4-2-1-3-5-10-15-11-7-6-8-12-14(11)17-20-16-12/h6-8,15H,1-5,9-10H2,(H,18,19). The lowest BCUT2D eigenvalue weighted by Gasteiger charge is -2.06. The minimum atomic E-state index is -0.707. The maximum absolute atomic E-state index is 10.3. The van der Waals surface area contributed by atoms with Gasteiger partial charge in [-0.15, -0.1) is 0 Å². The van der Waals surface area contributed by atoms with Gasteiger partial charge in [-0.3, -0.25) is 4.79 Å². The van der Waals surface area contributed by atoms with Gasteiger partial charge in [0.25, 0.3) is 0 Å². The summed E-state index contributed by atoms with van der Waals surface area (Å²) in [6.45, 7) is 0.866. The van der Waals surface area contributed by atoms with Gasteiger partial charge < -0.3 is 10.4 Å². The molecule has 6 heteroatoms. The number of aromatic nitrogens is 2. The van der Waals surface area contributed by atoms with Gasteiger partial charge in [-0.05, 0) is 35.3 Å². The number of aliphatic carboxylic acids is 1. The van der Waals surface area contributed by atoms with Gasteiger partial charge >= 0.3 is 5.97 Å². The minimum Gasteiger partial charge on any atom is -0.481 e. The lowest BCUT2D eigenvalue weighted by molar-refractivity contribution is -0.137. The molecule has 0 radical (unpaired) electrons. The molecule has 2 rings (SSSR count). The van der Waals surface area contributed by atoms with E-state index in [1.54, 1.807) is 0 Å². The molecule has 1 aromatic carbocycles. The zero-order chi connectivity index (χ0) is 14.2. The summed E-state index contributed by atoms with van der Waals surface area (Å²) in [4.78, 5) is 10.3. The van der Waals surface area contributed by atoms with Crippen molar-refractivity contribution >= 4 is 22.7 Å². The van der Waals surface area contributed by atoms with Crippen molar-refractivity contribution < 1.29 is 14.5 Å². The lowest BCUT2D eigenvalue weighted by Crippen LogP contribution is -2.02. The van der Waals surface area contributed by atoms with Crippen LogP contribution in [0.2, 0.25) is 0 Å². The molecular formula is C14H19N3O3. The van der Waals surface area contributed by atoms with Crippen molar-refractivity contribution in [2.45, 2.75) is 38.5 Å². The van der Waals surface area contributed by atoms with Crippen LogP contribution in [-0.4, -0.2) is 27.9 Å². The van der Waals surface area contributed by atoms with Gasteiger partial charge in [0.2, 0.25) is 0 Å². The summed E-state index contributed by atoms with van der Waals surface area (Å²) in [6, 6.07) is 5.74. The van der Waals surface area contributed by atoms with Gasteiger partial charge in [-0.25, -0.2) is 4.63 Å². The third-order valence-electron chi connectivity index (χ3n) is 3.17. The number of fused-ring (bicyclic) bond motifs is 1. The molecule has 0 saturated carbocycles. The fourth-order valence-corrected chi connectivity index (χ4v) is 2.10. The molecule has 2 aromatic rings. The Balaban J connectivity index is 1.62. The quantitative estimate of drug-likeness (QED) is 0.685. The molecule has 0 spiro atoms. The number of hydrogen-bond acceptors (Lipinski definition) is 5. The van der Waals surface area contributed by atoms with Crippen molar-refractivity contribution in [3.8, 4) is 0 Å². The molecule has 0 saturated heterocycles. The first-order valence-electron chi connectivity index (χ1n) is 6.94. The fourth-order valence-electron chi connectivity index (χ4n) is 2.10. The largest absolute Gasteiger partial charge is 0.481 e. The summed E-state index contributed by atoms with van der Waals surface area (Å²) in [5.74, 6) is -0.707. The van der Waals surface area contributed by atoms with Gasteiger partial charge in [0.05, 0.1) is 5.69 Å². The van der Waals surface area contributed by atoms with Gasteiger partial charge in [0.15, 0.2) is 5.52 Å². The van der Waals surface area contributed by atoms with Crippen LogP contribution in [0.25, 0.3) is 11.0 Å². The zero-order valence-electron chi connectivity index (χ0n) is 11.3. The molecule has 0 aliphatic rings. The molecule has 0 amide bonds. The van der Waals surface area contributed by atoms with Crippen LogP contribution in [0.5, 0.6) is 0 Å². The first kappa shape index (κ1) is 14.3. The summed E-state index contributed by atoms with van der Waals surface area (Å²) < 4.78 is 4.71. The molecule has 0 aliphatic carbocycles. The van der Waals surface area contributed by atoms with Gasteiger partial charge in [0, 0.05) is 13.0 Å². The number of benzene rings is 1. The van der Waals surface area contributed by atoms with E-state index in [1.807, 2.05) is 18.2 Å². The Labute approximate surface area is 117 Å². The Morgan fingerprint density at radius 1 is 1.15 bits per heavy atom. The Morgan fingerprint density at radius 2 is 1.95 bits per heavy atom. The van der Waals surface area contributed by atoms with E-state index in [2.05, 4.69) is 15.6 Å². The van der Waals surface area contributed by atoms with Crippen molar-refractivity contribution in [2.75, 3.05) is 11.9 Å². The molecule has 1 aromatic heterocycles. The predicted octanol–water partition coefficient (Wildman–Crippen LogP) is 3.06. The molecule has 108 valence electrons. The van der Waals surface area contributed by atoms with E-state index in [9.17, 15) is 4.79 Å². The number of carboxylic acids is 1. The van der Waals surface area contributed by atoms with E-state index in [0.29, 0.717) is 0 Å². The second-order valence-electron chi connectivity index (χ2n) is 4.78. The van der Waals surface area contributed by atoms with E-state index < -0.39 is 5.97 Å². The second kappa shape index (κ2) is 7.47. The van der Waals surface area contributed by atoms with E-state index in [4.69, 9.17) is 9.74 Å². The van der Waals surface area contributed by atoms with Crippen LogP contribution in [0.3, 0.4) is 0 Å². The van der Waals surface area contributed by atoms with E-state index >= 15 is 0 Å². The second-order valence-corrected chi connectivity index (χ2v) is 4.78. The smallest absolute Gasteiger partial charge is 0.303 e. The van der Waals surface area contributed by atoms with Crippen LogP contribution in [0.1, 0.15) is 38.5 Å². The zero-order valence-corrected chi connectivity index (χ0v) is 11.3. The van der Waals surface area contributed by atoms with Crippen molar-refractivity contribution in [1.29, 1.82) is 0 Å². The summed E-state index contributed by atoms with van der Waals surface area (Å²) in [5, 5.41) is 19.5. The topological polar surface area (TPSA) is 88.2 Å². The van der Waals surface area contributed by atoms with E-state index in [0.717, 1.165) is 55.4 Å². The van der Waals surface area contributed by atoms with E-state index in [-0.39, 0.29) is 6.42 Å². The number of hydrogen-bond donors (Lipinski definition) is 2. The van der Waals surface area contributed by atoms with Crippen LogP contribution in [-0.2, 0) is 4.79 Å². The number of nitrogens with zero attached hydrogens (tertiary/aromatic N) is 2. The number of unbranched alkanes of at least 4 members (excludes halogenated alkanes) is 4. The Bertz CT molecular complexity index is 553. The predicted molar refractivity (Wildman–Crippen MR) is 75.6 cm³/mol. The Morgan fingerprint density at radius 3 is 2.80 bits per heavy atom. The van der Waals surface area contributed by atoms with Crippen LogP contribution in [0, 0.1) is 0 Å². The van der Waals surface area contributed by atoms with Crippen LogP contribution < -0.4 is 5.32 Å². The molecule has 0 unspecified atom stereocenters. The summed E-state index contributed by atoms with van der Waals surface area (Å²) in [7, 11) is 0. The maximum Gasteiger partial charge on any atom is 0.303 e. The average Bonchev–Trinajstić information content (AvgIpc) is 2.90. The average molecular weight is 277 g/mol. The highest BCUT2D eigenvalue weighted by atomic mass is 16.6. The summed E-state index contributed by atoms with van der Waals surface area (Å²) >= 11 is 0. The molecule has 6 nitrogen and oxygen atoms in total. The summed E-state index contributed by atoms with van der Waals surface area (Å²) in [5.41, 5.74) is 2.45. The third kappa shape index (κ3) is 4.22. The monoisotopic (exact) mass is 277 g/mol. The molecule has 20 heavy (non-hydrogen) atoms. The number of rotatable bonds is 9. The molecule has 0 atom stereocenters. The first-order chi connectivity index (χ1) is 9.77. The Hall–Kier alpha value is -2.11. The highest BCUT2D eigenvalue weighted by Crippen LogP contribution is 2.19. The van der Waals surface area contributed by atoms with Gasteiger partial charge in [0.1, 0.15) is 5.52 Å². The maximum atomic E-state index is 10.3. The highest BCUT2D eigenvalue weighted by Gasteiger charge is 2.04. The SMILES string of the molecule is O=C(O)CCCCCCCNc1cccc2nonc12. The molecule has 0 aliphatic heterocycles. The molecule has 2 N–H and O–H groups in total. The molecule has 0 bridgehead atoms. The van der Waals surface area contributed by atoms with Gasteiger partial charge in [-0.2, -0.15) is 0 Å². The van der Waals surface area contributed by atoms with Crippen LogP contribution >= 0.6 is 0 Å². The van der Waals surface area contributed by atoms with Crippen molar-refractivity contribution in [2.24, 2.45) is 0 Å². The molecule has 0 fully saturated rings. The number of carboxylic acid groups (broad SMARTS) is 1. The lowest BCUT2D eigenvalue weighted by atomic mass is 10.1.